The lowest BCUT2D eigenvalue weighted by Gasteiger charge is -2.30. The van der Waals surface area contributed by atoms with Gasteiger partial charge >= 0.3 is 0 Å². The van der Waals surface area contributed by atoms with Crippen molar-refractivity contribution in [3.63, 3.8) is 0 Å². The minimum Gasteiger partial charge on any atom is -0.368 e. The van der Waals surface area contributed by atoms with Gasteiger partial charge in [-0.25, -0.2) is 9.97 Å². The number of nitrogens with two attached hydrogens (primary N) is 1. The third-order valence-electron chi connectivity index (χ3n) is 7.20. The number of hydrogen-bond acceptors (Lipinski definition) is 7. The Morgan fingerprint density at radius 2 is 2.08 bits per heavy atom. The summed E-state index contributed by atoms with van der Waals surface area (Å²) in [4.78, 5) is 38.8. The smallest absolute Gasteiger partial charge is 0.273 e. The number of carbonyl (C=O) groups is 2. The van der Waals surface area contributed by atoms with Crippen molar-refractivity contribution < 1.29 is 9.59 Å². The highest BCUT2D eigenvalue weighted by Gasteiger charge is 2.38. The summed E-state index contributed by atoms with van der Waals surface area (Å²) < 4.78 is 0. The molecule has 2 aliphatic rings. The van der Waals surface area contributed by atoms with Gasteiger partial charge in [0.1, 0.15) is 11.4 Å². The molecule has 4 N–H and O–H groups in total. The van der Waals surface area contributed by atoms with E-state index in [9.17, 15) is 9.59 Å². The first kappa shape index (κ1) is 23.9. The summed E-state index contributed by atoms with van der Waals surface area (Å²) in [6, 6.07) is 7.84. The van der Waals surface area contributed by atoms with Gasteiger partial charge in [0.15, 0.2) is 0 Å². The second kappa shape index (κ2) is 9.02. The molecule has 1 unspecified atom stereocenters. The Bertz CT molecular complexity index is 1330. The third-order valence-corrected chi connectivity index (χ3v) is 7.20. The Morgan fingerprint density at radius 1 is 1.28 bits per heavy atom. The zero-order valence-corrected chi connectivity index (χ0v) is 21.1. The first-order chi connectivity index (χ1) is 17.1. The van der Waals surface area contributed by atoms with Crippen molar-refractivity contribution in [2.75, 3.05) is 38.2 Å². The van der Waals surface area contributed by atoms with E-state index < -0.39 is 0 Å². The number of nitrogen functional groups attached to an aromatic ring is 1. The van der Waals surface area contributed by atoms with E-state index in [-0.39, 0.29) is 23.2 Å². The summed E-state index contributed by atoms with van der Waals surface area (Å²) in [5.74, 6) is -0.0165. The molecule has 0 radical (unpaired) electrons. The Morgan fingerprint density at radius 3 is 2.83 bits per heavy atom. The molecule has 1 fully saturated rings. The Balaban J connectivity index is 1.33. The molecule has 5 rings (SSSR count). The van der Waals surface area contributed by atoms with Crippen LogP contribution in [0, 0.1) is 0 Å². The molecule has 0 saturated carbocycles. The minimum absolute atomic E-state index is 0.104. The van der Waals surface area contributed by atoms with Crippen molar-refractivity contribution in [3.05, 3.63) is 52.8 Å². The summed E-state index contributed by atoms with van der Waals surface area (Å²) >= 11 is 0. The second-order valence-corrected chi connectivity index (χ2v) is 10.6. The molecule has 1 aromatic carbocycles. The Hall–Kier alpha value is -3.79. The van der Waals surface area contributed by atoms with Gasteiger partial charge in [0.2, 0.25) is 11.9 Å². The molecule has 1 aliphatic heterocycles. The average Bonchev–Trinajstić information content (AvgIpc) is 3.49. The van der Waals surface area contributed by atoms with Crippen LogP contribution in [0.25, 0.3) is 11.4 Å². The molecule has 36 heavy (non-hydrogen) atoms. The van der Waals surface area contributed by atoms with Crippen LogP contribution in [0.15, 0.2) is 30.5 Å². The first-order valence-electron chi connectivity index (χ1n) is 12.2. The number of carbonyl (C=O) groups excluding carboxylic acids is 2. The van der Waals surface area contributed by atoms with Crippen LogP contribution in [-0.4, -0.2) is 75.0 Å². The highest BCUT2D eigenvalue weighted by Crippen LogP contribution is 2.42. The highest BCUT2D eigenvalue weighted by atomic mass is 16.2. The van der Waals surface area contributed by atoms with Crippen LogP contribution in [0.5, 0.6) is 0 Å². The van der Waals surface area contributed by atoms with Crippen LogP contribution in [0.1, 0.15) is 47.4 Å². The van der Waals surface area contributed by atoms with Crippen LogP contribution in [0.2, 0.25) is 0 Å². The zero-order valence-electron chi connectivity index (χ0n) is 21.1. The van der Waals surface area contributed by atoms with Crippen molar-refractivity contribution in [3.8, 4) is 11.4 Å². The number of H-pyrrole nitrogens is 1. The number of aromatic amines is 1. The molecule has 188 valence electrons. The summed E-state index contributed by atoms with van der Waals surface area (Å²) in [7, 11) is 4.09. The van der Waals surface area contributed by atoms with Crippen molar-refractivity contribution in [2.45, 2.75) is 44.6 Å². The number of benzene rings is 1. The summed E-state index contributed by atoms with van der Waals surface area (Å²) in [6.45, 7) is 5.67. The number of fused-ring (bicyclic) bond motifs is 3. The van der Waals surface area contributed by atoms with Crippen LogP contribution < -0.4 is 11.1 Å². The molecular formula is C26H32N8O2. The van der Waals surface area contributed by atoms with Gasteiger partial charge in [-0.05, 0) is 55.6 Å². The number of rotatable bonds is 5. The lowest BCUT2D eigenvalue weighted by Crippen LogP contribution is -2.35. The van der Waals surface area contributed by atoms with Gasteiger partial charge in [-0.2, -0.15) is 5.10 Å². The topological polar surface area (TPSA) is 133 Å². The van der Waals surface area contributed by atoms with Crippen molar-refractivity contribution >= 4 is 23.5 Å². The summed E-state index contributed by atoms with van der Waals surface area (Å²) in [6.07, 6.45) is 3.68. The summed E-state index contributed by atoms with van der Waals surface area (Å²) in [5, 5.41) is 10.3. The number of nitrogens with zero attached hydrogens (tertiary/aromatic N) is 5. The second-order valence-electron chi connectivity index (χ2n) is 10.6. The molecule has 2 aromatic heterocycles. The largest absolute Gasteiger partial charge is 0.368 e. The van der Waals surface area contributed by atoms with Gasteiger partial charge in [0.05, 0.1) is 12.1 Å². The maximum atomic E-state index is 13.3. The van der Waals surface area contributed by atoms with Gasteiger partial charge in [0.25, 0.3) is 5.91 Å². The van der Waals surface area contributed by atoms with Gasteiger partial charge < -0.3 is 20.9 Å². The van der Waals surface area contributed by atoms with Crippen molar-refractivity contribution in [2.24, 2.45) is 0 Å². The monoisotopic (exact) mass is 488 g/mol. The fourth-order valence-corrected chi connectivity index (χ4v) is 5.28. The molecule has 10 heteroatoms. The van der Waals surface area contributed by atoms with E-state index in [0.29, 0.717) is 41.7 Å². The van der Waals surface area contributed by atoms with Gasteiger partial charge in [-0.1, -0.05) is 26.0 Å². The Labute approximate surface area is 210 Å². The lowest BCUT2D eigenvalue weighted by atomic mass is 9.73. The molecular weight excluding hydrogens is 456 g/mol. The highest BCUT2D eigenvalue weighted by molar-refractivity contribution is 6.05. The number of nitrogens with one attached hydrogen (secondary N) is 2. The fraction of sp³-hybridized carbons (Fsp3) is 0.423. The van der Waals surface area contributed by atoms with E-state index in [2.05, 4.69) is 44.2 Å². The van der Waals surface area contributed by atoms with Crippen molar-refractivity contribution in [1.82, 2.24) is 30.0 Å². The predicted octanol–water partition coefficient (Wildman–Crippen LogP) is 2.24. The Kier molecular flexibility index (Phi) is 5.99. The molecule has 0 spiro atoms. The first-order valence-corrected chi connectivity index (χ1v) is 12.2. The predicted molar refractivity (Wildman–Crippen MR) is 138 cm³/mol. The third kappa shape index (κ3) is 4.44. The normalized spacial score (nSPS) is 18.1. The summed E-state index contributed by atoms with van der Waals surface area (Å²) in [5.41, 5.74) is 10.4. The number of likely N-dealkylation sites (N-methyl/N-ethyl adjacent to an activating group) is 1. The number of anilines is 2. The quantitative estimate of drug-likeness (QED) is 0.502. The maximum absolute atomic E-state index is 13.3. The van der Waals surface area contributed by atoms with Crippen LogP contribution in [0.4, 0.5) is 11.6 Å². The average molecular weight is 489 g/mol. The lowest BCUT2D eigenvalue weighted by molar-refractivity contribution is -0.129. The fourth-order valence-electron chi connectivity index (χ4n) is 5.28. The number of hydrogen-bond donors (Lipinski definition) is 3. The van der Waals surface area contributed by atoms with E-state index in [1.165, 1.54) is 0 Å². The molecule has 1 aliphatic carbocycles. The molecule has 3 heterocycles. The molecule has 3 aromatic rings. The SMILES string of the molecule is CN(C)C1CCN(C(=O)Cc2cccc(NC(=O)c3[nH]nc4c3C(C)(C)Cc3cnc(N)nc3-4)c2)C1. The number of amides is 2. The standard InChI is InChI=1S/C26H32N8O2/c1-26(2)12-16-13-28-25(27)30-21(16)22-20(26)23(32-31-22)24(36)29-17-7-5-6-15(10-17)11-19(35)34-9-8-18(14-34)33(3)4/h5-7,10,13,18H,8-9,11-12,14H2,1-4H3,(H,29,36)(H,31,32)(H2,27,28,30). The molecule has 0 bridgehead atoms. The van der Waals surface area contributed by atoms with E-state index >= 15 is 0 Å². The van der Waals surface area contributed by atoms with Crippen molar-refractivity contribution in [1.29, 1.82) is 0 Å². The van der Waals surface area contributed by atoms with Crippen LogP contribution >= 0.6 is 0 Å². The molecule has 1 saturated heterocycles. The van der Waals surface area contributed by atoms with Gasteiger partial charge in [0, 0.05) is 36.6 Å². The minimum atomic E-state index is -0.351. The molecule has 1 atom stereocenters. The number of aromatic nitrogens is 4. The van der Waals surface area contributed by atoms with Crippen LogP contribution in [-0.2, 0) is 23.1 Å². The zero-order chi connectivity index (χ0) is 25.6. The maximum Gasteiger partial charge on any atom is 0.273 e. The van der Waals surface area contributed by atoms with Crippen LogP contribution in [0.3, 0.4) is 0 Å². The molecule has 10 nitrogen and oxygen atoms in total. The van der Waals surface area contributed by atoms with E-state index in [0.717, 1.165) is 36.2 Å². The van der Waals surface area contributed by atoms with Gasteiger partial charge in [-0.3, -0.25) is 14.7 Å². The van der Waals surface area contributed by atoms with E-state index in [1.807, 2.05) is 43.3 Å². The van der Waals surface area contributed by atoms with Gasteiger partial charge in [-0.15, -0.1) is 0 Å². The molecule has 2 amide bonds. The van der Waals surface area contributed by atoms with E-state index in [1.54, 1.807) is 6.20 Å². The van der Waals surface area contributed by atoms with E-state index in [4.69, 9.17) is 5.73 Å². The number of likely N-dealkylation sites (tertiary alicyclic amines) is 1.